The number of methoxy groups -OCH3 is 1. The largest absolute Gasteiger partial charge is 0.465 e. The molecule has 1 aliphatic rings. The third-order valence-electron chi connectivity index (χ3n) is 7.22. The number of hydrogen-bond acceptors (Lipinski definition) is 6. The summed E-state index contributed by atoms with van der Waals surface area (Å²) in [7, 11) is -2.06. The summed E-state index contributed by atoms with van der Waals surface area (Å²) in [6.45, 7) is 5.97. The zero-order valence-electron chi connectivity index (χ0n) is 23.4. The first kappa shape index (κ1) is 28.3. The van der Waals surface area contributed by atoms with Crippen LogP contribution in [0.15, 0.2) is 72.9 Å². The van der Waals surface area contributed by atoms with Gasteiger partial charge in [0.15, 0.2) is 5.11 Å². The van der Waals surface area contributed by atoms with Crippen molar-refractivity contribution in [2.45, 2.75) is 32.9 Å². The molecular formula is C30H31N5O4S2. The van der Waals surface area contributed by atoms with E-state index in [4.69, 9.17) is 17.0 Å². The van der Waals surface area contributed by atoms with Crippen molar-refractivity contribution in [3.05, 3.63) is 107 Å². The van der Waals surface area contributed by atoms with Crippen molar-refractivity contribution >= 4 is 44.7 Å². The number of esters is 1. The topological polar surface area (TPSA) is 106 Å². The van der Waals surface area contributed by atoms with Crippen LogP contribution >= 0.6 is 12.2 Å². The van der Waals surface area contributed by atoms with Gasteiger partial charge in [-0.15, -0.1) is 0 Å². The monoisotopic (exact) mass is 589 g/mol. The Morgan fingerprint density at radius 2 is 1.73 bits per heavy atom. The van der Waals surface area contributed by atoms with Gasteiger partial charge >= 0.3 is 5.97 Å². The van der Waals surface area contributed by atoms with E-state index >= 15 is 0 Å². The van der Waals surface area contributed by atoms with Crippen LogP contribution in [0.5, 0.6) is 0 Å². The molecule has 1 fully saturated rings. The second-order valence-electron chi connectivity index (χ2n) is 10.1. The summed E-state index contributed by atoms with van der Waals surface area (Å²) in [5.41, 5.74) is 7.45. The lowest BCUT2D eigenvalue weighted by atomic mass is 9.96. The van der Waals surface area contributed by atoms with Gasteiger partial charge < -0.3 is 19.5 Å². The summed E-state index contributed by atoms with van der Waals surface area (Å²) in [6, 6.07) is 20.3. The molecule has 11 heteroatoms. The molecule has 4 aromatic rings. The Hall–Kier alpha value is -4.22. The van der Waals surface area contributed by atoms with Gasteiger partial charge in [-0.25, -0.2) is 13.2 Å². The summed E-state index contributed by atoms with van der Waals surface area (Å²) >= 11 is 5.89. The molecule has 0 spiro atoms. The zero-order chi connectivity index (χ0) is 29.5. The first-order chi connectivity index (χ1) is 19.5. The maximum absolute atomic E-state index is 12.0. The van der Waals surface area contributed by atoms with Crippen molar-refractivity contribution < 1.29 is 17.9 Å². The molecule has 3 heterocycles. The van der Waals surface area contributed by atoms with E-state index in [0.717, 1.165) is 45.8 Å². The van der Waals surface area contributed by atoms with E-state index in [1.807, 2.05) is 56.3 Å². The van der Waals surface area contributed by atoms with Crippen LogP contribution in [-0.2, 0) is 14.8 Å². The van der Waals surface area contributed by atoms with E-state index in [1.165, 1.54) is 7.11 Å². The van der Waals surface area contributed by atoms with Crippen LogP contribution in [0.2, 0.25) is 0 Å². The number of anilines is 2. The maximum atomic E-state index is 12.0. The number of carbonyl (C=O) groups is 1. The summed E-state index contributed by atoms with van der Waals surface area (Å²) in [5, 5.41) is 4.03. The highest BCUT2D eigenvalue weighted by molar-refractivity contribution is 7.92. The molecule has 212 valence electrons. The molecule has 41 heavy (non-hydrogen) atoms. The van der Waals surface area contributed by atoms with Gasteiger partial charge in [-0.05, 0) is 105 Å². The Bertz CT molecular complexity index is 1730. The fourth-order valence-electron chi connectivity index (χ4n) is 5.41. The Kier molecular flexibility index (Phi) is 7.58. The van der Waals surface area contributed by atoms with Crippen molar-refractivity contribution in [3.8, 4) is 5.69 Å². The Balaban J connectivity index is 1.62. The molecule has 1 saturated heterocycles. The van der Waals surface area contributed by atoms with Crippen LogP contribution in [0, 0.1) is 20.8 Å². The van der Waals surface area contributed by atoms with Gasteiger partial charge in [0.25, 0.3) is 0 Å². The number of pyridine rings is 1. The fourth-order valence-corrected chi connectivity index (χ4v) is 6.38. The molecule has 2 aromatic carbocycles. The minimum absolute atomic E-state index is 0.242. The Morgan fingerprint density at radius 3 is 2.34 bits per heavy atom. The molecule has 5 rings (SSSR count). The van der Waals surface area contributed by atoms with E-state index in [-0.39, 0.29) is 18.1 Å². The number of nitrogens with one attached hydrogen (secondary N) is 2. The molecule has 1 aliphatic heterocycles. The molecule has 0 unspecified atom stereocenters. The van der Waals surface area contributed by atoms with Crippen molar-refractivity contribution in [1.29, 1.82) is 0 Å². The summed E-state index contributed by atoms with van der Waals surface area (Å²) < 4.78 is 33.3. The van der Waals surface area contributed by atoms with E-state index in [1.54, 1.807) is 24.4 Å². The molecule has 0 aliphatic carbocycles. The number of rotatable bonds is 7. The molecule has 0 saturated carbocycles. The second kappa shape index (κ2) is 11.0. The molecule has 0 bridgehead atoms. The van der Waals surface area contributed by atoms with Gasteiger partial charge in [0.2, 0.25) is 10.0 Å². The highest BCUT2D eigenvalue weighted by Gasteiger charge is 2.42. The number of sulfonamides is 1. The normalized spacial score (nSPS) is 16.9. The highest BCUT2D eigenvalue weighted by Crippen LogP contribution is 2.44. The lowest BCUT2D eigenvalue weighted by Crippen LogP contribution is -2.29. The smallest absolute Gasteiger partial charge is 0.337 e. The third kappa shape index (κ3) is 5.55. The van der Waals surface area contributed by atoms with Crippen LogP contribution < -0.4 is 14.9 Å². The van der Waals surface area contributed by atoms with Gasteiger partial charge in [-0.1, -0.05) is 6.07 Å². The SMILES string of the molecule is COC(=O)c1ccc(-n2c(C)cc([C@H]3[C@H](c4ccccn4)NC(=S)N3c3ccc(NS(C)(=O)=O)c(C)c3)c2C)cc1. The molecule has 2 N–H and O–H groups in total. The summed E-state index contributed by atoms with van der Waals surface area (Å²) in [5.74, 6) is -0.384. The first-order valence-electron chi connectivity index (χ1n) is 12.9. The van der Waals surface area contributed by atoms with Crippen LogP contribution in [0.4, 0.5) is 11.4 Å². The molecule has 0 amide bonds. The Labute approximate surface area is 245 Å². The van der Waals surface area contributed by atoms with Crippen LogP contribution in [-0.4, -0.2) is 42.4 Å². The number of nitrogens with zero attached hydrogens (tertiary/aromatic N) is 3. The van der Waals surface area contributed by atoms with E-state index < -0.39 is 10.0 Å². The van der Waals surface area contributed by atoms with Crippen molar-refractivity contribution in [1.82, 2.24) is 14.9 Å². The van der Waals surface area contributed by atoms with E-state index in [9.17, 15) is 13.2 Å². The van der Waals surface area contributed by atoms with Gasteiger partial charge in [0, 0.05) is 29.0 Å². The lowest BCUT2D eigenvalue weighted by molar-refractivity contribution is 0.0600. The zero-order valence-corrected chi connectivity index (χ0v) is 25.0. The summed E-state index contributed by atoms with van der Waals surface area (Å²) in [4.78, 5) is 18.7. The van der Waals surface area contributed by atoms with Gasteiger partial charge in [-0.3, -0.25) is 9.71 Å². The van der Waals surface area contributed by atoms with Crippen molar-refractivity contribution in [3.63, 3.8) is 0 Å². The van der Waals surface area contributed by atoms with E-state index in [0.29, 0.717) is 16.4 Å². The fraction of sp³-hybridized carbons (Fsp3) is 0.233. The number of benzene rings is 2. The molecular weight excluding hydrogens is 558 g/mol. The average molecular weight is 590 g/mol. The molecule has 2 aromatic heterocycles. The maximum Gasteiger partial charge on any atom is 0.337 e. The first-order valence-corrected chi connectivity index (χ1v) is 15.2. The van der Waals surface area contributed by atoms with E-state index in [2.05, 4.69) is 37.5 Å². The predicted molar refractivity (Wildman–Crippen MR) is 164 cm³/mol. The second-order valence-corrected chi connectivity index (χ2v) is 12.2. The van der Waals surface area contributed by atoms with Crippen LogP contribution in [0.1, 0.15) is 50.7 Å². The molecule has 2 atom stereocenters. The number of ether oxygens (including phenoxy) is 1. The number of hydrogen-bond donors (Lipinski definition) is 2. The lowest BCUT2D eigenvalue weighted by Gasteiger charge is -2.29. The predicted octanol–water partition coefficient (Wildman–Crippen LogP) is 5.13. The van der Waals surface area contributed by atoms with Gasteiger partial charge in [0.05, 0.1) is 42.4 Å². The quantitative estimate of drug-likeness (QED) is 0.226. The Morgan fingerprint density at radius 1 is 1.02 bits per heavy atom. The molecule has 0 radical (unpaired) electrons. The van der Waals surface area contributed by atoms with Crippen molar-refractivity contribution in [2.24, 2.45) is 0 Å². The number of aromatic nitrogens is 2. The number of aryl methyl sites for hydroxylation is 2. The summed E-state index contributed by atoms with van der Waals surface area (Å²) in [6.07, 6.45) is 2.90. The van der Waals surface area contributed by atoms with Crippen LogP contribution in [0.25, 0.3) is 5.69 Å². The number of carbonyl (C=O) groups excluding carboxylic acids is 1. The number of thiocarbonyl (C=S) groups is 1. The van der Waals surface area contributed by atoms with Gasteiger partial charge in [-0.2, -0.15) is 0 Å². The third-order valence-corrected chi connectivity index (χ3v) is 8.12. The minimum atomic E-state index is -3.42. The van der Waals surface area contributed by atoms with Crippen LogP contribution in [0.3, 0.4) is 0 Å². The van der Waals surface area contributed by atoms with Gasteiger partial charge in [0.1, 0.15) is 0 Å². The standard InChI is InChI=1S/C30H31N5O4S2/c1-18-16-23(13-14-25(18)33-41(5,37)38)35-28(27(32-30(35)40)26-8-6-7-15-31-26)24-17-19(2)34(20(24)3)22-11-9-21(10-12-22)29(36)39-4/h6-17,27-28,33H,1-5H3,(H,32,40)/t27-,28-/m0/s1. The average Bonchev–Trinajstić information content (AvgIpc) is 3.44. The molecule has 9 nitrogen and oxygen atoms in total. The van der Waals surface area contributed by atoms with Crippen molar-refractivity contribution in [2.75, 3.05) is 23.0 Å². The highest BCUT2D eigenvalue weighted by atomic mass is 32.2. The minimum Gasteiger partial charge on any atom is -0.465 e.